The molecule has 7 nitrogen and oxygen atoms in total. The fourth-order valence-corrected chi connectivity index (χ4v) is 2.35. The van der Waals surface area contributed by atoms with Gasteiger partial charge in [-0.15, -0.1) is 0 Å². The number of nitrogens with zero attached hydrogens (tertiary/aromatic N) is 4. The Bertz CT molecular complexity index is 710. The van der Waals surface area contributed by atoms with Crippen LogP contribution in [-0.4, -0.2) is 25.2 Å². The van der Waals surface area contributed by atoms with Crippen LogP contribution in [0, 0.1) is 0 Å². The fourth-order valence-electron chi connectivity index (χ4n) is 2.35. The number of imidazole rings is 1. The van der Waals surface area contributed by atoms with Gasteiger partial charge in [-0.1, -0.05) is 6.92 Å². The predicted molar refractivity (Wildman–Crippen MR) is 77.8 cm³/mol. The largest absolute Gasteiger partial charge is 0.332 e. The molecule has 2 aromatic rings. The lowest BCUT2D eigenvalue weighted by molar-refractivity contribution is 0.533. The predicted octanol–water partition coefficient (Wildman–Crippen LogP) is 0.0456. The molecule has 0 aliphatic rings. The quantitative estimate of drug-likeness (QED) is 0.757. The van der Waals surface area contributed by atoms with Crippen LogP contribution in [-0.2, 0) is 20.1 Å². The van der Waals surface area contributed by atoms with Crippen LogP contribution in [0.15, 0.2) is 15.9 Å². The number of hydrogen-bond donors (Lipinski definition) is 1. The van der Waals surface area contributed by atoms with E-state index < -0.39 is 0 Å². The zero-order chi connectivity index (χ0) is 14.7. The zero-order valence-corrected chi connectivity index (χ0v) is 12.0. The highest BCUT2D eigenvalue weighted by molar-refractivity contribution is 5.69. The summed E-state index contributed by atoms with van der Waals surface area (Å²) in [6, 6.07) is 0. The van der Waals surface area contributed by atoms with Crippen LogP contribution < -0.4 is 17.0 Å². The maximum atomic E-state index is 12.4. The summed E-state index contributed by atoms with van der Waals surface area (Å²) in [5, 5.41) is 0. The number of rotatable bonds is 6. The van der Waals surface area contributed by atoms with Gasteiger partial charge in [-0.2, -0.15) is 0 Å². The van der Waals surface area contributed by atoms with Gasteiger partial charge < -0.3 is 10.3 Å². The first-order chi connectivity index (χ1) is 9.61. The summed E-state index contributed by atoms with van der Waals surface area (Å²) >= 11 is 0. The first-order valence-corrected chi connectivity index (χ1v) is 6.96. The van der Waals surface area contributed by atoms with Crippen molar-refractivity contribution in [2.24, 2.45) is 12.8 Å². The Kier molecular flexibility index (Phi) is 4.39. The van der Waals surface area contributed by atoms with Crippen molar-refractivity contribution in [2.45, 2.75) is 39.3 Å². The number of hydrogen-bond acceptors (Lipinski definition) is 4. The van der Waals surface area contributed by atoms with Crippen molar-refractivity contribution in [3.05, 3.63) is 27.2 Å². The third-order valence-electron chi connectivity index (χ3n) is 3.37. The first-order valence-electron chi connectivity index (χ1n) is 6.96. The lowest BCUT2D eigenvalue weighted by Crippen LogP contribution is -2.40. The second kappa shape index (κ2) is 6.04. The van der Waals surface area contributed by atoms with Crippen molar-refractivity contribution in [1.29, 1.82) is 0 Å². The molecule has 2 aromatic heterocycles. The van der Waals surface area contributed by atoms with Crippen molar-refractivity contribution in [1.82, 2.24) is 18.7 Å². The molecule has 2 rings (SSSR count). The molecule has 20 heavy (non-hydrogen) atoms. The van der Waals surface area contributed by atoms with E-state index in [1.165, 1.54) is 4.57 Å². The summed E-state index contributed by atoms with van der Waals surface area (Å²) in [5.41, 5.74) is 5.86. The Morgan fingerprint density at radius 2 is 1.95 bits per heavy atom. The molecule has 0 fully saturated rings. The molecule has 0 amide bonds. The standard InChI is InChI=1S/C13H21N5O2/c1-3-7-17-11-10(16(2)9-15-11)12(19)18(13(17)20)8-5-4-6-14/h9H,3-8,14H2,1-2H3. The van der Waals surface area contributed by atoms with Crippen LogP contribution >= 0.6 is 0 Å². The van der Waals surface area contributed by atoms with Crippen LogP contribution in [0.2, 0.25) is 0 Å². The van der Waals surface area contributed by atoms with Crippen LogP contribution in [0.5, 0.6) is 0 Å². The number of unbranched alkanes of at least 4 members (excludes halogenated alkanes) is 1. The second-order valence-electron chi connectivity index (χ2n) is 4.91. The minimum absolute atomic E-state index is 0.269. The lowest BCUT2D eigenvalue weighted by Gasteiger charge is -2.10. The Morgan fingerprint density at radius 1 is 1.20 bits per heavy atom. The molecule has 0 spiro atoms. The van der Waals surface area contributed by atoms with Crippen LogP contribution in [0.1, 0.15) is 26.2 Å². The van der Waals surface area contributed by atoms with E-state index in [0.717, 1.165) is 19.3 Å². The Labute approximate surface area is 116 Å². The first kappa shape index (κ1) is 14.5. The molecule has 0 aromatic carbocycles. The summed E-state index contributed by atoms with van der Waals surface area (Å²) in [7, 11) is 1.77. The van der Waals surface area contributed by atoms with Crippen LogP contribution in [0.4, 0.5) is 0 Å². The average Bonchev–Trinajstić information content (AvgIpc) is 2.81. The second-order valence-corrected chi connectivity index (χ2v) is 4.91. The van der Waals surface area contributed by atoms with Crippen molar-refractivity contribution >= 4 is 11.2 Å². The molecular formula is C13H21N5O2. The van der Waals surface area contributed by atoms with Crippen molar-refractivity contribution in [2.75, 3.05) is 6.54 Å². The average molecular weight is 279 g/mol. The summed E-state index contributed by atoms with van der Waals surface area (Å²) in [4.78, 5) is 29.1. The van der Waals surface area contributed by atoms with E-state index in [9.17, 15) is 9.59 Å². The van der Waals surface area contributed by atoms with Gasteiger partial charge in [0.25, 0.3) is 5.56 Å². The van der Waals surface area contributed by atoms with Crippen LogP contribution in [0.3, 0.4) is 0 Å². The summed E-state index contributed by atoms with van der Waals surface area (Å²) in [6.45, 7) is 3.51. The molecule has 0 aliphatic carbocycles. The van der Waals surface area contributed by atoms with E-state index in [0.29, 0.717) is 30.8 Å². The molecule has 0 saturated carbocycles. The number of fused-ring (bicyclic) bond motifs is 1. The van der Waals surface area contributed by atoms with E-state index in [1.807, 2.05) is 6.92 Å². The maximum Gasteiger partial charge on any atom is 0.332 e. The molecule has 7 heteroatoms. The maximum absolute atomic E-state index is 12.4. The minimum atomic E-state index is -0.278. The Balaban J connectivity index is 2.64. The molecular weight excluding hydrogens is 258 g/mol. The Hall–Kier alpha value is -1.89. The van der Waals surface area contributed by atoms with Gasteiger partial charge in [0, 0.05) is 20.1 Å². The zero-order valence-electron chi connectivity index (χ0n) is 12.0. The highest BCUT2D eigenvalue weighted by atomic mass is 16.2. The number of aryl methyl sites for hydroxylation is 2. The molecule has 2 N–H and O–H groups in total. The highest BCUT2D eigenvalue weighted by Crippen LogP contribution is 2.05. The molecule has 0 aliphatic heterocycles. The summed E-state index contributed by atoms with van der Waals surface area (Å²) in [5.74, 6) is 0. The summed E-state index contributed by atoms with van der Waals surface area (Å²) in [6.07, 6.45) is 3.90. The van der Waals surface area contributed by atoms with Gasteiger partial charge >= 0.3 is 5.69 Å². The van der Waals surface area contributed by atoms with Gasteiger partial charge in [-0.25, -0.2) is 9.78 Å². The van der Waals surface area contributed by atoms with Crippen molar-refractivity contribution < 1.29 is 0 Å². The normalized spacial score (nSPS) is 11.3. The molecule has 0 unspecified atom stereocenters. The molecule has 2 heterocycles. The van der Waals surface area contributed by atoms with Gasteiger partial charge in [0.15, 0.2) is 11.2 Å². The lowest BCUT2D eigenvalue weighted by atomic mass is 10.3. The van der Waals surface area contributed by atoms with E-state index in [-0.39, 0.29) is 11.2 Å². The third kappa shape index (κ3) is 2.40. The SMILES string of the molecule is CCCn1c(=O)n(CCCCN)c(=O)c2c1ncn2C. The molecule has 0 atom stereocenters. The van der Waals surface area contributed by atoms with E-state index in [1.54, 1.807) is 22.5 Å². The van der Waals surface area contributed by atoms with Gasteiger partial charge in [0.05, 0.1) is 6.33 Å². The summed E-state index contributed by atoms with van der Waals surface area (Å²) < 4.78 is 4.55. The minimum Gasteiger partial charge on any atom is -0.330 e. The smallest absolute Gasteiger partial charge is 0.330 e. The number of aromatic nitrogens is 4. The van der Waals surface area contributed by atoms with E-state index >= 15 is 0 Å². The fraction of sp³-hybridized carbons (Fsp3) is 0.615. The van der Waals surface area contributed by atoms with E-state index in [4.69, 9.17) is 5.73 Å². The molecule has 110 valence electrons. The van der Waals surface area contributed by atoms with Gasteiger partial charge in [-0.3, -0.25) is 13.9 Å². The third-order valence-corrected chi connectivity index (χ3v) is 3.37. The highest BCUT2D eigenvalue weighted by Gasteiger charge is 2.15. The topological polar surface area (TPSA) is 87.8 Å². The van der Waals surface area contributed by atoms with Gasteiger partial charge in [0.2, 0.25) is 0 Å². The van der Waals surface area contributed by atoms with Gasteiger partial charge in [0.1, 0.15) is 0 Å². The van der Waals surface area contributed by atoms with Crippen molar-refractivity contribution in [3.8, 4) is 0 Å². The monoisotopic (exact) mass is 279 g/mol. The Morgan fingerprint density at radius 3 is 2.60 bits per heavy atom. The van der Waals surface area contributed by atoms with Crippen molar-refractivity contribution in [3.63, 3.8) is 0 Å². The van der Waals surface area contributed by atoms with E-state index in [2.05, 4.69) is 4.98 Å². The van der Waals surface area contributed by atoms with Crippen LogP contribution in [0.25, 0.3) is 11.2 Å². The molecule has 0 saturated heterocycles. The van der Waals surface area contributed by atoms with Gasteiger partial charge in [-0.05, 0) is 25.8 Å². The molecule has 0 bridgehead atoms. The number of nitrogens with two attached hydrogens (primary N) is 1. The molecule has 0 radical (unpaired) electrons.